The average molecular weight is 240 g/mol. The molecule has 0 spiro atoms. The van der Waals surface area contributed by atoms with Crippen LogP contribution < -0.4 is 5.73 Å². The summed E-state index contributed by atoms with van der Waals surface area (Å²) < 4.78 is 5.45. The molecule has 4 heteroatoms. The number of nitrogens with zero attached hydrogens (tertiary/aromatic N) is 1. The van der Waals surface area contributed by atoms with Crippen LogP contribution in [-0.4, -0.2) is 37.7 Å². The Morgan fingerprint density at radius 3 is 3.12 bits per heavy atom. The van der Waals surface area contributed by atoms with E-state index in [0.717, 1.165) is 26.2 Å². The zero-order chi connectivity index (χ0) is 11.4. The van der Waals surface area contributed by atoms with Crippen LogP contribution in [-0.2, 0) is 11.3 Å². The van der Waals surface area contributed by atoms with Crippen molar-refractivity contribution in [3.05, 3.63) is 22.4 Å². The third-order valence-corrected chi connectivity index (χ3v) is 4.06. The second-order valence-electron chi connectivity index (χ2n) is 4.47. The smallest absolute Gasteiger partial charge is 0.0510 e. The van der Waals surface area contributed by atoms with E-state index in [0.29, 0.717) is 18.5 Å². The van der Waals surface area contributed by atoms with Crippen LogP contribution in [0.2, 0.25) is 0 Å². The molecule has 0 bridgehead atoms. The molecule has 3 nitrogen and oxygen atoms in total. The third kappa shape index (κ3) is 2.83. The third-order valence-electron chi connectivity index (χ3n) is 3.33. The molecule has 0 aliphatic carbocycles. The van der Waals surface area contributed by atoms with Crippen molar-refractivity contribution in [2.24, 2.45) is 11.7 Å². The molecule has 0 radical (unpaired) electrons. The minimum Gasteiger partial charge on any atom is -0.381 e. The molecule has 16 heavy (non-hydrogen) atoms. The van der Waals surface area contributed by atoms with Crippen molar-refractivity contribution in [1.82, 2.24) is 4.90 Å². The van der Waals surface area contributed by atoms with Crippen molar-refractivity contribution in [1.29, 1.82) is 0 Å². The predicted molar refractivity (Wildman–Crippen MR) is 67.6 cm³/mol. The van der Waals surface area contributed by atoms with Gasteiger partial charge in [-0.15, -0.1) is 0 Å². The highest BCUT2D eigenvalue weighted by atomic mass is 32.1. The van der Waals surface area contributed by atoms with Gasteiger partial charge in [-0.1, -0.05) is 0 Å². The Morgan fingerprint density at radius 1 is 1.69 bits per heavy atom. The van der Waals surface area contributed by atoms with E-state index in [1.807, 2.05) is 0 Å². The van der Waals surface area contributed by atoms with Gasteiger partial charge in [0.05, 0.1) is 6.61 Å². The predicted octanol–water partition coefficient (Wildman–Crippen LogP) is 1.54. The first-order valence-corrected chi connectivity index (χ1v) is 6.74. The van der Waals surface area contributed by atoms with Gasteiger partial charge in [0.2, 0.25) is 0 Å². The summed E-state index contributed by atoms with van der Waals surface area (Å²) in [4.78, 5) is 2.36. The molecule has 2 atom stereocenters. The minimum absolute atomic E-state index is 0.447. The molecule has 2 N–H and O–H groups in total. The molecule has 1 aromatic heterocycles. The van der Waals surface area contributed by atoms with Gasteiger partial charge in [-0.05, 0) is 35.9 Å². The number of likely N-dealkylation sites (N-methyl/N-ethyl adjacent to an activating group) is 1. The van der Waals surface area contributed by atoms with Crippen molar-refractivity contribution >= 4 is 11.3 Å². The topological polar surface area (TPSA) is 38.5 Å². The highest BCUT2D eigenvalue weighted by Gasteiger charge is 2.27. The Morgan fingerprint density at radius 2 is 2.56 bits per heavy atom. The molecule has 1 aliphatic heterocycles. The summed E-state index contributed by atoms with van der Waals surface area (Å²) in [5.41, 5.74) is 7.27. The zero-order valence-electron chi connectivity index (χ0n) is 9.76. The molecule has 1 saturated heterocycles. The van der Waals surface area contributed by atoms with Crippen molar-refractivity contribution < 1.29 is 4.74 Å². The van der Waals surface area contributed by atoms with Crippen LogP contribution in [0.3, 0.4) is 0 Å². The van der Waals surface area contributed by atoms with E-state index < -0.39 is 0 Å². The monoisotopic (exact) mass is 240 g/mol. The van der Waals surface area contributed by atoms with Crippen LogP contribution in [0.25, 0.3) is 0 Å². The summed E-state index contributed by atoms with van der Waals surface area (Å²) in [6, 6.07) is 2.63. The summed E-state index contributed by atoms with van der Waals surface area (Å²) >= 11 is 1.75. The SMILES string of the molecule is CN(Cc1ccsc1)C(CN)C1CCOC1. The van der Waals surface area contributed by atoms with Crippen molar-refractivity contribution in [2.45, 2.75) is 19.0 Å². The molecule has 0 amide bonds. The standard InChI is InChI=1S/C12H20N2OS/c1-14(7-10-3-5-16-9-10)12(6-13)11-2-4-15-8-11/h3,5,9,11-12H,2,4,6-8,13H2,1H3. The lowest BCUT2D eigenvalue weighted by Crippen LogP contribution is -2.43. The second kappa shape index (κ2) is 5.77. The van der Waals surface area contributed by atoms with Crippen LogP contribution in [0, 0.1) is 5.92 Å². The van der Waals surface area contributed by atoms with Gasteiger partial charge in [0.1, 0.15) is 0 Å². The average Bonchev–Trinajstić information content (AvgIpc) is 2.91. The summed E-state index contributed by atoms with van der Waals surface area (Å²) in [6.45, 7) is 3.47. The normalized spacial score (nSPS) is 22.8. The summed E-state index contributed by atoms with van der Waals surface area (Å²) in [5, 5.41) is 4.33. The van der Waals surface area contributed by atoms with Crippen LogP contribution in [0.1, 0.15) is 12.0 Å². The minimum atomic E-state index is 0.447. The summed E-state index contributed by atoms with van der Waals surface area (Å²) in [7, 11) is 2.16. The quantitative estimate of drug-likeness (QED) is 0.848. The fraction of sp³-hybridized carbons (Fsp3) is 0.667. The zero-order valence-corrected chi connectivity index (χ0v) is 10.6. The molecule has 2 rings (SSSR count). The fourth-order valence-electron chi connectivity index (χ4n) is 2.38. The van der Waals surface area contributed by atoms with E-state index in [9.17, 15) is 0 Å². The van der Waals surface area contributed by atoms with Gasteiger partial charge in [-0.3, -0.25) is 4.90 Å². The van der Waals surface area contributed by atoms with Gasteiger partial charge in [0.15, 0.2) is 0 Å². The molecule has 90 valence electrons. The van der Waals surface area contributed by atoms with Crippen LogP contribution in [0.15, 0.2) is 16.8 Å². The Kier molecular flexibility index (Phi) is 4.35. The Bertz CT molecular complexity index is 296. The van der Waals surface area contributed by atoms with Crippen LogP contribution in [0.5, 0.6) is 0 Å². The van der Waals surface area contributed by atoms with Crippen molar-refractivity contribution in [3.63, 3.8) is 0 Å². The number of ether oxygens (including phenoxy) is 1. The van der Waals surface area contributed by atoms with Gasteiger partial charge >= 0.3 is 0 Å². The molecule has 1 aromatic rings. The number of nitrogens with two attached hydrogens (primary N) is 1. The fourth-order valence-corrected chi connectivity index (χ4v) is 3.04. The lowest BCUT2D eigenvalue weighted by atomic mass is 9.97. The molecular formula is C12H20N2OS. The Labute approximate surface area is 101 Å². The maximum absolute atomic E-state index is 5.89. The molecular weight excluding hydrogens is 220 g/mol. The molecule has 0 aromatic carbocycles. The van der Waals surface area contributed by atoms with E-state index >= 15 is 0 Å². The largest absolute Gasteiger partial charge is 0.381 e. The highest BCUT2D eigenvalue weighted by molar-refractivity contribution is 7.07. The van der Waals surface area contributed by atoms with Gasteiger partial charge in [-0.2, -0.15) is 11.3 Å². The number of hydrogen-bond acceptors (Lipinski definition) is 4. The van der Waals surface area contributed by atoms with Crippen molar-refractivity contribution in [2.75, 3.05) is 26.8 Å². The summed E-state index contributed by atoms with van der Waals surface area (Å²) in [6.07, 6.45) is 1.15. The van der Waals surface area contributed by atoms with E-state index in [4.69, 9.17) is 10.5 Å². The molecule has 1 aliphatic rings. The van der Waals surface area contributed by atoms with Gasteiger partial charge in [0.25, 0.3) is 0 Å². The second-order valence-corrected chi connectivity index (χ2v) is 5.25. The van der Waals surface area contributed by atoms with E-state index in [1.54, 1.807) is 11.3 Å². The van der Waals surface area contributed by atoms with Crippen molar-refractivity contribution in [3.8, 4) is 0 Å². The lowest BCUT2D eigenvalue weighted by molar-refractivity contribution is 0.136. The maximum Gasteiger partial charge on any atom is 0.0510 e. The van der Waals surface area contributed by atoms with Gasteiger partial charge in [-0.25, -0.2) is 0 Å². The Hall–Kier alpha value is -0.420. The van der Waals surface area contributed by atoms with E-state index in [-0.39, 0.29) is 0 Å². The van der Waals surface area contributed by atoms with E-state index in [1.165, 1.54) is 5.56 Å². The Balaban J connectivity index is 1.92. The summed E-state index contributed by atoms with van der Waals surface area (Å²) in [5.74, 6) is 0.605. The molecule has 0 saturated carbocycles. The number of hydrogen-bond donors (Lipinski definition) is 1. The lowest BCUT2D eigenvalue weighted by Gasteiger charge is -2.30. The highest BCUT2D eigenvalue weighted by Crippen LogP contribution is 2.21. The van der Waals surface area contributed by atoms with Gasteiger partial charge in [0, 0.05) is 31.7 Å². The molecule has 2 unspecified atom stereocenters. The first kappa shape index (κ1) is 12.0. The molecule has 2 heterocycles. The van der Waals surface area contributed by atoms with Crippen LogP contribution >= 0.6 is 11.3 Å². The number of rotatable bonds is 5. The first-order valence-electron chi connectivity index (χ1n) is 5.80. The van der Waals surface area contributed by atoms with Crippen LogP contribution in [0.4, 0.5) is 0 Å². The number of thiophene rings is 1. The van der Waals surface area contributed by atoms with E-state index in [2.05, 4.69) is 28.8 Å². The molecule has 1 fully saturated rings. The first-order chi connectivity index (χ1) is 7.81. The van der Waals surface area contributed by atoms with Gasteiger partial charge < -0.3 is 10.5 Å². The maximum atomic E-state index is 5.89.